The van der Waals surface area contributed by atoms with E-state index < -0.39 is 17.2 Å². The molecule has 0 aromatic heterocycles. The zero-order chi connectivity index (χ0) is 14.2. The molecule has 1 N–H and O–H groups in total. The molecule has 1 saturated heterocycles. The molecule has 1 aromatic rings. The number of hydrogen-bond acceptors (Lipinski definition) is 2. The Morgan fingerprint density at radius 1 is 1.37 bits per heavy atom. The summed E-state index contributed by atoms with van der Waals surface area (Å²) in [6.07, 6.45) is 1.50. The van der Waals surface area contributed by atoms with Gasteiger partial charge in [0, 0.05) is 12.1 Å². The van der Waals surface area contributed by atoms with Crippen LogP contribution in [0.3, 0.4) is 0 Å². The Hall–Kier alpha value is -1.49. The molecule has 1 unspecified atom stereocenters. The largest absolute Gasteiger partial charge is 0.388 e. The number of rotatable bonds is 2. The number of benzene rings is 1. The molecule has 1 atom stereocenters. The average Bonchev–Trinajstić information content (AvgIpc) is 2.80. The van der Waals surface area contributed by atoms with E-state index in [0.717, 1.165) is 18.6 Å². The molecular formula is C14H17F2NO2. The summed E-state index contributed by atoms with van der Waals surface area (Å²) in [6.45, 7) is 3.81. The van der Waals surface area contributed by atoms with Crippen molar-refractivity contribution in [1.29, 1.82) is 0 Å². The van der Waals surface area contributed by atoms with Crippen molar-refractivity contribution < 1.29 is 18.7 Å². The smallest absolute Gasteiger partial charge is 0.254 e. The Balaban J connectivity index is 2.26. The third kappa shape index (κ3) is 2.76. The minimum absolute atomic E-state index is 0.107. The summed E-state index contributed by atoms with van der Waals surface area (Å²) in [5.41, 5.74) is -0.903. The van der Waals surface area contributed by atoms with Gasteiger partial charge in [-0.25, -0.2) is 8.78 Å². The van der Waals surface area contributed by atoms with E-state index in [0.29, 0.717) is 13.0 Å². The van der Waals surface area contributed by atoms with Crippen molar-refractivity contribution in [2.45, 2.75) is 38.3 Å². The van der Waals surface area contributed by atoms with Gasteiger partial charge in [-0.1, -0.05) is 0 Å². The summed E-state index contributed by atoms with van der Waals surface area (Å²) in [5, 5.41) is 10.1. The van der Waals surface area contributed by atoms with Gasteiger partial charge in [0.1, 0.15) is 0 Å². The summed E-state index contributed by atoms with van der Waals surface area (Å²) in [7, 11) is 0. The van der Waals surface area contributed by atoms with Crippen LogP contribution in [0, 0.1) is 11.6 Å². The Kier molecular flexibility index (Phi) is 3.58. The quantitative estimate of drug-likeness (QED) is 0.895. The van der Waals surface area contributed by atoms with Gasteiger partial charge in [-0.2, -0.15) is 0 Å². The molecule has 1 aliphatic heterocycles. The number of carbonyl (C=O) groups excluding carboxylic acids is 1. The lowest BCUT2D eigenvalue weighted by Crippen LogP contribution is -2.48. The first-order valence-electron chi connectivity index (χ1n) is 6.29. The molecule has 0 spiro atoms. The summed E-state index contributed by atoms with van der Waals surface area (Å²) >= 11 is 0. The summed E-state index contributed by atoms with van der Waals surface area (Å²) in [6, 6.07) is 2.81. The van der Waals surface area contributed by atoms with Crippen LogP contribution in [-0.2, 0) is 0 Å². The average molecular weight is 269 g/mol. The van der Waals surface area contributed by atoms with Crippen LogP contribution in [0.4, 0.5) is 8.78 Å². The molecule has 0 saturated carbocycles. The summed E-state index contributed by atoms with van der Waals surface area (Å²) in [4.78, 5) is 13.8. The predicted molar refractivity (Wildman–Crippen MR) is 66.7 cm³/mol. The summed E-state index contributed by atoms with van der Waals surface area (Å²) in [5.74, 6) is -2.38. The number of hydrogen-bond donors (Lipinski definition) is 1. The molecule has 3 nitrogen and oxygen atoms in total. The Bertz CT molecular complexity index is 497. The van der Waals surface area contributed by atoms with Gasteiger partial charge in [0.15, 0.2) is 11.6 Å². The molecular weight excluding hydrogens is 252 g/mol. The van der Waals surface area contributed by atoms with E-state index in [1.54, 1.807) is 13.8 Å². The molecule has 1 aromatic carbocycles. The van der Waals surface area contributed by atoms with E-state index in [1.807, 2.05) is 0 Å². The van der Waals surface area contributed by atoms with Gasteiger partial charge in [0.25, 0.3) is 5.91 Å². The maximum atomic E-state index is 13.2. The van der Waals surface area contributed by atoms with Crippen molar-refractivity contribution in [3.63, 3.8) is 0 Å². The van der Waals surface area contributed by atoms with Crippen LogP contribution < -0.4 is 0 Å². The fourth-order valence-corrected chi connectivity index (χ4v) is 2.54. The van der Waals surface area contributed by atoms with Crippen LogP contribution in [-0.4, -0.2) is 34.1 Å². The molecule has 0 aliphatic carbocycles. The molecule has 0 radical (unpaired) electrons. The van der Waals surface area contributed by atoms with Crippen LogP contribution in [0.1, 0.15) is 37.0 Å². The normalized spacial score (nSPS) is 19.8. The van der Waals surface area contributed by atoms with Crippen molar-refractivity contribution >= 4 is 5.91 Å². The fourth-order valence-electron chi connectivity index (χ4n) is 2.54. The molecule has 1 amide bonds. The lowest BCUT2D eigenvalue weighted by Gasteiger charge is -2.33. The zero-order valence-electron chi connectivity index (χ0n) is 11.0. The van der Waals surface area contributed by atoms with Crippen LogP contribution >= 0.6 is 0 Å². The topological polar surface area (TPSA) is 40.5 Å². The van der Waals surface area contributed by atoms with E-state index >= 15 is 0 Å². The van der Waals surface area contributed by atoms with Gasteiger partial charge in [-0.3, -0.25) is 4.79 Å². The molecule has 1 aliphatic rings. The first kappa shape index (κ1) is 13.9. The minimum Gasteiger partial charge on any atom is -0.388 e. The van der Waals surface area contributed by atoms with Crippen molar-refractivity contribution in [1.82, 2.24) is 4.90 Å². The van der Waals surface area contributed by atoms with Gasteiger partial charge in [0.05, 0.1) is 11.6 Å². The highest BCUT2D eigenvalue weighted by Gasteiger charge is 2.38. The standard InChI is InChI=1S/C14H17F2NO2/c1-14(2,19)12-4-3-7-17(12)13(18)9-5-6-10(15)11(16)8-9/h5-6,8,12,19H,3-4,7H2,1-2H3. The van der Waals surface area contributed by atoms with E-state index in [-0.39, 0.29) is 17.5 Å². The maximum Gasteiger partial charge on any atom is 0.254 e. The zero-order valence-corrected chi connectivity index (χ0v) is 11.0. The number of amides is 1. The van der Waals surface area contributed by atoms with Crippen LogP contribution in [0.5, 0.6) is 0 Å². The molecule has 104 valence electrons. The minimum atomic E-state index is -1.04. The first-order valence-corrected chi connectivity index (χ1v) is 6.29. The van der Waals surface area contributed by atoms with Crippen LogP contribution in [0.25, 0.3) is 0 Å². The SMILES string of the molecule is CC(C)(O)C1CCCN1C(=O)c1ccc(F)c(F)c1. The van der Waals surface area contributed by atoms with Crippen molar-refractivity contribution in [2.24, 2.45) is 0 Å². The third-order valence-electron chi connectivity index (χ3n) is 3.50. The van der Waals surface area contributed by atoms with Gasteiger partial charge in [-0.15, -0.1) is 0 Å². The Morgan fingerprint density at radius 2 is 2.05 bits per heavy atom. The van der Waals surface area contributed by atoms with Gasteiger partial charge in [0.2, 0.25) is 0 Å². The number of aliphatic hydroxyl groups is 1. The molecule has 1 heterocycles. The highest BCUT2D eigenvalue weighted by atomic mass is 19.2. The molecule has 0 bridgehead atoms. The van der Waals surface area contributed by atoms with E-state index in [1.165, 1.54) is 11.0 Å². The van der Waals surface area contributed by atoms with Crippen molar-refractivity contribution in [2.75, 3.05) is 6.54 Å². The highest BCUT2D eigenvalue weighted by Crippen LogP contribution is 2.28. The number of nitrogens with zero attached hydrogens (tertiary/aromatic N) is 1. The predicted octanol–water partition coefficient (Wildman–Crippen LogP) is 2.34. The molecule has 1 fully saturated rings. The number of likely N-dealkylation sites (tertiary alicyclic amines) is 1. The van der Waals surface area contributed by atoms with Gasteiger partial charge < -0.3 is 10.0 Å². The number of carbonyl (C=O) groups is 1. The lowest BCUT2D eigenvalue weighted by atomic mass is 9.96. The second-order valence-corrected chi connectivity index (χ2v) is 5.44. The molecule has 19 heavy (non-hydrogen) atoms. The van der Waals surface area contributed by atoms with Crippen molar-refractivity contribution in [3.05, 3.63) is 35.4 Å². The Morgan fingerprint density at radius 3 is 2.63 bits per heavy atom. The van der Waals surface area contributed by atoms with Crippen molar-refractivity contribution in [3.8, 4) is 0 Å². The highest BCUT2D eigenvalue weighted by molar-refractivity contribution is 5.94. The monoisotopic (exact) mass is 269 g/mol. The van der Waals surface area contributed by atoms with Gasteiger partial charge in [-0.05, 0) is 44.9 Å². The van der Waals surface area contributed by atoms with Gasteiger partial charge >= 0.3 is 0 Å². The molecule has 2 rings (SSSR count). The third-order valence-corrected chi connectivity index (χ3v) is 3.50. The second-order valence-electron chi connectivity index (χ2n) is 5.44. The van der Waals surface area contributed by atoms with Crippen LogP contribution in [0.15, 0.2) is 18.2 Å². The van der Waals surface area contributed by atoms with E-state index in [4.69, 9.17) is 0 Å². The Labute approximate surface area is 110 Å². The van der Waals surface area contributed by atoms with E-state index in [9.17, 15) is 18.7 Å². The second kappa shape index (κ2) is 4.89. The lowest BCUT2D eigenvalue weighted by molar-refractivity contribution is 0.000318. The van der Waals surface area contributed by atoms with Crippen LogP contribution in [0.2, 0.25) is 0 Å². The summed E-state index contributed by atoms with van der Waals surface area (Å²) < 4.78 is 26.0. The fraction of sp³-hybridized carbons (Fsp3) is 0.500. The first-order chi connectivity index (χ1) is 8.80. The van der Waals surface area contributed by atoms with E-state index in [2.05, 4.69) is 0 Å². The molecule has 5 heteroatoms. The number of halogens is 2. The maximum absolute atomic E-state index is 13.2.